The predicted molar refractivity (Wildman–Crippen MR) is 111 cm³/mol. The Kier molecular flexibility index (Phi) is 5.63. The van der Waals surface area contributed by atoms with Gasteiger partial charge in [-0.2, -0.15) is 18.4 Å². The molecular formula is C24H19F3N2O3. The minimum atomic E-state index is -4.83. The Balaban J connectivity index is 1.81. The van der Waals surface area contributed by atoms with Gasteiger partial charge in [0.1, 0.15) is 11.6 Å². The largest absolute Gasteiger partial charge is 0.417 e. The van der Waals surface area contributed by atoms with Gasteiger partial charge in [-0.15, -0.1) is 0 Å². The van der Waals surface area contributed by atoms with Crippen molar-refractivity contribution in [3.8, 4) is 17.3 Å². The lowest BCUT2D eigenvalue weighted by Gasteiger charge is -2.23. The van der Waals surface area contributed by atoms with Crippen LogP contribution in [0.4, 0.5) is 13.2 Å². The van der Waals surface area contributed by atoms with E-state index in [9.17, 15) is 23.2 Å². The van der Waals surface area contributed by atoms with Crippen LogP contribution in [-0.2, 0) is 28.0 Å². The van der Waals surface area contributed by atoms with Crippen molar-refractivity contribution >= 4 is 0 Å². The molecule has 1 saturated heterocycles. The number of halogens is 3. The van der Waals surface area contributed by atoms with E-state index < -0.39 is 28.6 Å². The molecule has 0 bridgehead atoms. The molecule has 1 aromatic heterocycles. The molecule has 1 aliphatic heterocycles. The molecule has 164 valence electrons. The third-order valence-corrected chi connectivity index (χ3v) is 5.44. The van der Waals surface area contributed by atoms with Gasteiger partial charge in [0, 0.05) is 5.56 Å². The first-order chi connectivity index (χ1) is 15.2. The summed E-state index contributed by atoms with van der Waals surface area (Å²) in [4.78, 5) is 13.0. The highest BCUT2D eigenvalue weighted by Gasteiger charge is 2.37. The summed E-state index contributed by atoms with van der Waals surface area (Å²) in [6.45, 7) is 2.77. The minimum absolute atomic E-state index is 0.00537. The lowest BCUT2D eigenvalue weighted by Crippen LogP contribution is -2.28. The number of pyridine rings is 1. The van der Waals surface area contributed by atoms with Gasteiger partial charge in [0.2, 0.25) is 0 Å². The zero-order chi connectivity index (χ0) is 22.9. The van der Waals surface area contributed by atoms with Crippen molar-refractivity contribution in [2.45, 2.75) is 25.4 Å². The molecular weight excluding hydrogens is 421 g/mol. The average Bonchev–Trinajstić information content (AvgIpc) is 3.23. The average molecular weight is 440 g/mol. The van der Waals surface area contributed by atoms with E-state index in [0.29, 0.717) is 24.3 Å². The summed E-state index contributed by atoms with van der Waals surface area (Å²) in [5.41, 5.74) is -1.15. The van der Waals surface area contributed by atoms with Crippen molar-refractivity contribution in [3.63, 3.8) is 0 Å². The molecule has 0 amide bonds. The van der Waals surface area contributed by atoms with Crippen molar-refractivity contribution < 1.29 is 22.6 Å². The predicted octanol–water partition coefficient (Wildman–Crippen LogP) is 4.67. The van der Waals surface area contributed by atoms with Crippen molar-refractivity contribution in [2.24, 2.45) is 0 Å². The van der Waals surface area contributed by atoms with E-state index in [4.69, 9.17) is 9.47 Å². The maximum absolute atomic E-state index is 13.6. The van der Waals surface area contributed by atoms with Gasteiger partial charge in [0.05, 0.1) is 31.0 Å². The third kappa shape index (κ3) is 4.05. The molecule has 32 heavy (non-hydrogen) atoms. The minimum Gasteiger partial charge on any atom is -0.344 e. The molecule has 0 saturated carbocycles. The molecule has 1 fully saturated rings. The molecule has 2 aromatic carbocycles. The number of aromatic nitrogens is 1. The van der Waals surface area contributed by atoms with Crippen LogP contribution >= 0.6 is 0 Å². The van der Waals surface area contributed by atoms with E-state index in [1.165, 1.54) is 10.6 Å². The molecule has 2 heterocycles. The molecule has 0 radical (unpaired) electrons. The van der Waals surface area contributed by atoms with Crippen LogP contribution in [0.3, 0.4) is 0 Å². The molecule has 0 spiro atoms. The first-order valence-corrected chi connectivity index (χ1v) is 9.91. The van der Waals surface area contributed by atoms with Crippen LogP contribution in [0.1, 0.15) is 29.2 Å². The van der Waals surface area contributed by atoms with Crippen LogP contribution in [0.15, 0.2) is 65.5 Å². The molecule has 5 nitrogen and oxygen atoms in total. The smallest absolute Gasteiger partial charge is 0.344 e. The number of nitriles is 1. The van der Waals surface area contributed by atoms with Gasteiger partial charge < -0.3 is 14.0 Å². The lowest BCUT2D eigenvalue weighted by atomic mass is 10.0. The Hall–Kier alpha value is -3.41. The second kappa shape index (κ2) is 8.26. The fourth-order valence-corrected chi connectivity index (χ4v) is 3.76. The van der Waals surface area contributed by atoms with Gasteiger partial charge >= 0.3 is 6.18 Å². The highest BCUT2D eigenvalue weighted by molar-refractivity contribution is 5.62. The SMILES string of the molecule is CC1(c2ccc(Cn3c(-c4ccccc4)cc(C(F)(F)F)c(C#N)c3=O)cc2)OCCO1. The fourth-order valence-electron chi connectivity index (χ4n) is 3.76. The maximum Gasteiger partial charge on any atom is 0.417 e. The second-order valence-corrected chi connectivity index (χ2v) is 7.52. The summed E-state index contributed by atoms with van der Waals surface area (Å²) in [6.07, 6.45) is -4.83. The molecule has 1 aliphatic rings. The zero-order valence-electron chi connectivity index (χ0n) is 17.1. The van der Waals surface area contributed by atoms with E-state index in [0.717, 1.165) is 11.6 Å². The van der Waals surface area contributed by atoms with E-state index in [2.05, 4.69) is 0 Å². The van der Waals surface area contributed by atoms with E-state index in [1.807, 2.05) is 6.92 Å². The maximum atomic E-state index is 13.6. The third-order valence-electron chi connectivity index (χ3n) is 5.44. The molecule has 4 rings (SSSR count). The number of rotatable bonds is 4. The molecule has 0 unspecified atom stereocenters. The Labute approximate surface area is 182 Å². The highest BCUT2D eigenvalue weighted by Crippen LogP contribution is 2.34. The van der Waals surface area contributed by atoms with Crippen LogP contribution in [0.2, 0.25) is 0 Å². The van der Waals surface area contributed by atoms with Crippen LogP contribution < -0.4 is 5.56 Å². The summed E-state index contributed by atoms with van der Waals surface area (Å²) >= 11 is 0. The Morgan fingerprint density at radius 2 is 1.69 bits per heavy atom. The van der Waals surface area contributed by atoms with Crippen molar-refractivity contribution in [1.29, 1.82) is 5.26 Å². The summed E-state index contributed by atoms with van der Waals surface area (Å²) in [5.74, 6) is -0.854. The van der Waals surface area contributed by atoms with Gasteiger partial charge in [0.15, 0.2) is 5.79 Å². The first kappa shape index (κ1) is 21.8. The number of nitrogens with zero attached hydrogens (tertiary/aromatic N) is 2. The van der Waals surface area contributed by atoms with Gasteiger partial charge in [-0.3, -0.25) is 4.79 Å². The van der Waals surface area contributed by atoms with Gasteiger partial charge in [-0.1, -0.05) is 54.6 Å². The Morgan fingerprint density at radius 3 is 2.25 bits per heavy atom. The van der Waals surface area contributed by atoms with E-state index in [1.54, 1.807) is 54.6 Å². The van der Waals surface area contributed by atoms with Crippen LogP contribution in [0.5, 0.6) is 0 Å². The second-order valence-electron chi connectivity index (χ2n) is 7.52. The molecule has 0 atom stereocenters. The van der Waals surface area contributed by atoms with Crippen LogP contribution in [0.25, 0.3) is 11.3 Å². The summed E-state index contributed by atoms with van der Waals surface area (Å²) in [6, 6.07) is 17.7. The van der Waals surface area contributed by atoms with E-state index >= 15 is 0 Å². The number of benzene rings is 2. The Bertz CT molecular complexity index is 1220. The first-order valence-electron chi connectivity index (χ1n) is 9.91. The summed E-state index contributed by atoms with van der Waals surface area (Å²) in [7, 11) is 0. The van der Waals surface area contributed by atoms with Gasteiger partial charge in [0.25, 0.3) is 5.56 Å². The quantitative estimate of drug-likeness (QED) is 0.591. The number of ether oxygens (including phenoxy) is 2. The number of hydrogen-bond donors (Lipinski definition) is 0. The van der Waals surface area contributed by atoms with Crippen LogP contribution in [0, 0.1) is 11.3 Å². The summed E-state index contributed by atoms with van der Waals surface area (Å²) in [5, 5.41) is 9.31. The number of alkyl halides is 3. The fraction of sp³-hybridized carbons (Fsp3) is 0.250. The Morgan fingerprint density at radius 1 is 1.06 bits per heavy atom. The monoisotopic (exact) mass is 440 g/mol. The highest BCUT2D eigenvalue weighted by atomic mass is 19.4. The summed E-state index contributed by atoms with van der Waals surface area (Å²) < 4.78 is 53.2. The molecule has 8 heteroatoms. The van der Waals surface area contributed by atoms with Gasteiger partial charge in [-0.05, 0) is 24.1 Å². The van der Waals surface area contributed by atoms with Crippen molar-refractivity contribution in [1.82, 2.24) is 4.57 Å². The zero-order valence-corrected chi connectivity index (χ0v) is 17.1. The molecule has 0 N–H and O–H groups in total. The van der Waals surface area contributed by atoms with Gasteiger partial charge in [-0.25, -0.2) is 0 Å². The van der Waals surface area contributed by atoms with Crippen LogP contribution in [-0.4, -0.2) is 17.8 Å². The topological polar surface area (TPSA) is 64.2 Å². The van der Waals surface area contributed by atoms with Crippen molar-refractivity contribution in [3.05, 3.63) is 93.3 Å². The normalized spacial score (nSPS) is 15.5. The number of hydrogen-bond acceptors (Lipinski definition) is 4. The van der Waals surface area contributed by atoms with E-state index in [-0.39, 0.29) is 12.2 Å². The molecule has 0 aliphatic carbocycles. The molecule has 3 aromatic rings. The lowest BCUT2D eigenvalue weighted by molar-refractivity contribution is -0.149. The standard InChI is InChI=1S/C24H19F3N2O3/c1-23(31-11-12-32-23)18-9-7-16(8-10-18)15-29-21(17-5-3-2-4-6-17)13-20(24(25,26)27)19(14-28)22(29)30/h2-10,13H,11-12,15H2,1H3. The van der Waals surface area contributed by atoms with Crippen molar-refractivity contribution in [2.75, 3.05) is 13.2 Å².